The predicted molar refractivity (Wildman–Crippen MR) is 171 cm³/mol. The molecule has 0 amide bonds. The zero-order valence-corrected chi connectivity index (χ0v) is 22.5. The average Bonchev–Trinajstić information content (AvgIpc) is 3.50. The van der Waals surface area contributed by atoms with E-state index in [4.69, 9.17) is 0 Å². The first-order valence-electron chi connectivity index (χ1n) is 14.1. The Morgan fingerprint density at radius 2 is 0.625 bits per heavy atom. The third-order valence-electron chi connectivity index (χ3n) is 9.25. The van der Waals surface area contributed by atoms with Crippen LogP contribution in [0.1, 0.15) is 11.1 Å². The van der Waals surface area contributed by atoms with Crippen molar-refractivity contribution in [1.82, 2.24) is 0 Å². The zero-order valence-electron chi connectivity index (χ0n) is 22.5. The van der Waals surface area contributed by atoms with E-state index in [9.17, 15) is 0 Å². The summed E-state index contributed by atoms with van der Waals surface area (Å²) in [6.45, 7) is 4.52. The fraction of sp³-hybridized carbons (Fsp3) is 0.0500. The molecule has 7 aromatic rings. The summed E-state index contributed by atoms with van der Waals surface area (Å²) in [7, 11) is 0. The lowest BCUT2D eigenvalue weighted by Crippen LogP contribution is -1.92. The molecule has 0 spiro atoms. The number of benzene rings is 7. The first-order valence-corrected chi connectivity index (χ1v) is 14.1. The van der Waals surface area contributed by atoms with E-state index in [1.54, 1.807) is 0 Å². The molecule has 0 heteroatoms. The maximum atomic E-state index is 2.45. The second-order valence-corrected chi connectivity index (χ2v) is 11.4. The van der Waals surface area contributed by atoms with Crippen LogP contribution in [0.15, 0.2) is 121 Å². The van der Waals surface area contributed by atoms with Gasteiger partial charge in [-0.05, 0) is 119 Å². The number of hydrogen-bond donors (Lipinski definition) is 0. The molecule has 9 rings (SSSR count). The van der Waals surface area contributed by atoms with Crippen LogP contribution in [0.3, 0.4) is 0 Å². The molecule has 0 fully saturated rings. The Kier molecular flexibility index (Phi) is 4.28. The molecular weight excluding hydrogens is 480 g/mol. The van der Waals surface area contributed by atoms with Crippen LogP contribution < -0.4 is 0 Å². The monoisotopic (exact) mass is 506 g/mol. The summed E-state index contributed by atoms with van der Waals surface area (Å²) in [6, 6.07) is 45.4. The van der Waals surface area contributed by atoms with E-state index in [-0.39, 0.29) is 0 Å². The van der Waals surface area contributed by atoms with Gasteiger partial charge in [0.05, 0.1) is 0 Å². The molecule has 0 radical (unpaired) electrons. The maximum absolute atomic E-state index is 2.45. The predicted octanol–water partition coefficient (Wildman–Crippen LogP) is 11.2. The Labute approximate surface area is 234 Å². The van der Waals surface area contributed by atoms with E-state index in [1.807, 2.05) is 0 Å². The lowest BCUT2D eigenvalue weighted by atomic mass is 9.86. The van der Waals surface area contributed by atoms with Gasteiger partial charge in [-0.25, -0.2) is 0 Å². The van der Waals surface area contributed by atoms with Gasteiger partial charge in [-0.1, -0.05) is 115 Å². The smallest absolute Gasteiger partial charge is 0.00201 e. The molecule has 0 saturated carbocycles. The van der Waals surface area contributed by atoms with Gasteiger partial charge < -0.3 is 0 Å². The number of fused-ring (bicyclic) bond motifs is 6. The van der Waals surface area contributed by atoms with Gasteiger partial charge in [0.15, 0.2) is 0 Å². The molecule has 0 aliphatic heterocycles. The first-order chi connectivity index (χ1) is 19.7. The highest BCUT2D eigenvalue weighted by molar-refractivity contribution is 6.20. The molecule has 40 heavy (non-hydrogen) atoms. The largest absolute Gasteiger partial charge is 0.0616 e. The van der Waals surface area contributed by atoms with Crippen molar-refractivity contribution in [1.29, 1.82) is 0 Å². The van der Waals surface area contributed by atoms with Crippen LogP contribution in [0.4, 0.5) is 0 Å². The molecule has 186 valence electrons. The molecule has 2 aliphatic carbocycles. The minimum absolute atomic E-state index is 1.31. The van der Waals surface area contributed by atoms with Crippen molar-refractivity contribution in [2.24, 2.45) is 0 Å². The molecule has 0 saturated heterocycles. The van der Waals surface area contributed by atoms with E-state index in [0.29, 0.717) is 0 Å². The van der Waals surface area contributed by atoms with Crippen molar-refractivity contribution in [2.75, 3.05) is 0 Å². The van der Waals surface area contributed by atoms with Gasteiger partial charge in [0.25, 0.3) is 0 Å². The highest BCUT2D eigenvalue weighted by atomic mass is 14.3. The van der Waals surface area contributed by atoms with Gasteiger partial charge in [0.1, 0.15) is 0 Å². The van der Waals surface area contributed by atoms with Crippen LogP contribution >= 0.6 is 0 Å². The fourth-order valence-electron chi connectivity index (χ4n) is 7.52. The highest BCUT2D eigenvalue weighted by Gasteiger charge is 2.25. The van der Waals surface area contributed by atoms with Gasteiger partial charge in [-0.2, -0.15) is 0 Å². The number of hydrogen-bond acceptors (Lipinski definition) is 0. The summed E-state index contributed by atoms with van der Waals surface area (Å²) in [5, 5.41) is 5.43. The second kappa shape index (κ2) is 7.81. The number of aryl methyl sites for hydroxylation is 2. The van der Waals surface area contributed by atoms with Crippen LogP contribution in [0, 0.1) is 13.8 Å². The van der Waals surface area contributed by atoms with Gasteiger partial charge in [-0.3, -0.25) is 0 Å². The van der Waals surface area contributed by atoms with Gasteiger partial charge in [0, 0.05) is 0 Å². The van der Waals surface area contributed by atoms with Crippen LogP contribution in [0.25, 0.3) is 88.3 Å². The van der Waals surface area contributed by atoms with E-state index in [0.717, 1.165) is 0 Å². The molecule has 0 unspecified atom stereocenters. The van der Waals surface area contributed by atoms with E-state index in [1.165, 1.54) is 99.4 Å². The Hall–Kier alpha value is -4.94. The lowest BCUT2D eigenvalue weighted by molar-refractivity contribution is 1.38. The summed E-state index contributed by atoms with van der Waals surface area (Å²) in [6.07, 6.45) is 0. The van der Waals surface area contributed by atoms with Gasteiger partial charge in [0.2, 0.25) is 0 Å². The molecule has 0 nitrogen and oxygen atoms in total. The van der Waals surface area contributed by atoms with Crippen molar-refractivity contribution in [3.63, 3.8) is 0 Å². The molecule has 0 heterocycles. The molecule has 0 bridgehead atoms. The van der Waals surface area contributed by atoms with Crippen molar-refractivity contribution >= 4 is 21.5 Å². The fourth-order valence-corrected chi connectivity index (χ4v) is 7.52. The Balaban J connectivity index is 1.29. The van der Waals surface area contributed by atoms with Crippen molar-refractivity contribution < 1.29 is 0 Å². The van der Waals surface area contributed by atoms with Crippen LogP contribution in [0.2, 0.25) is 0 Å². The topological polar surface area (TPSA) is 0 Å². The van der Waals surface area contributed by atoms with Crippen LogP contribution in [0.5, 0.6) is 0 Å². The summed E-state index contributed by atoms with van der Waals surface area (Å²) in [5.74, 6) is 0. The molecule has 2 aliphatic rings. The van der Waals surface area contributed by atoms with Gasteiger partial charge in [-0.15, -0.1) is 0 Å². The Bertz CT molecular complexity index is 2010. The third-order valence-corrected chi connectivity index (χ3v) is 9.25. The zero-order chi connectivity index (χ0) is 26.5. The number of rotatable bonds is 2. The second-order valence-electron chi connectivity index (χ2n) is 11.4. The molecule has 0 N–H and O–H groups in total. The van der Waals surface area contributed by atoms with Crippen molar-refractivity contribution in [3.05, 3.63) is 132 Å². The van der Waals surface area contributed by atoms with Crippen molar-refractivity contribution in [3.8, 4) is 66.8 Å². The third kappa shape index (κ3) is 2.75. The molecule has 0 aromatic heterocycles. The van der Waals surface area contributed by atoms with E-state index >= 15 is 0 Å². The van der Waals surface area contributed by atoms with E-state index < -0.39 is 0 Å². The highest BCUT2D eigenvalue weighted by Crippen LogP contribution is 2.51. The van der Waals surface area contributed by atoms with Gasteiger partial charge >= 0.3 is 0 Å². The minimum Gasteiger partial charge on any atom is -0.0616 e. The normalized spacial score (nSPS) is 12.2. The molecule has 7 aromatic carbocycles. The maximum Gasteiger partial charge on any atom is -0.00201 e. The SMILES string of the molecule is Cc1cc(C)c(-c2ccc3c4c(cccc24)-c2ccccc2-3)cc1-c1ccc2c3c(cccc13)-c1ccccc1-2. The van der Waals surface area contributed by atoms with Crippen molar-refractivity contribution in [2.45, 2.75) is 13.8 Å². The van der Waals surface area contributed by atoms with Crippen LogP contribution in [-0.2, 0) is 0 Å². The summed E-state index contributed by atoms with van der Waals surface area (Å²) in [4.78, 5) is 0. The minimum atomic E-state index is 1.31. The Morgan fingerprint density at radius 1 is 0.275 bits per heavy atom. The standard InChI is InChI=1S/C40H26/c1-23-21-24(2)38(30-18-20-36-28-12-6-4-10-26(28)32-14-8-16-34(30)40(32)36)22-37(23)29-17-19-35-27-11-5-3-9-25(27)31-13-7-15-33(29)39(31)35/h3-22H,1-2H3. The molecule has 0 atom stereocenters. The van der Waals surface area contributed by atoms with Crippen LogP contribution in [-0.4, -0.2) is 0 Å². The summed E-state index contributed by atoms with van der Waals surface area (Å²) >= 11 is 0. The quantitative estimate of drug-likeness (QED) is 0.219. The lowest BCUT2D eigenvalue weighted by Gasteiger charge is -2.17. The summed E-state index contributed by atoms with van der Waals surface area (Å²) < 4.78 is 0. The summed E-state index contributed by atoms with van der Waals surface area (Å²) in [5.41, 5.74) is 18.6. The first kappa shape index (κ1) is 21.9. The molecular formula is C40H26. The Morgan fingerprint density at radius 3 is 1.05 bits per heavy atom. The van der Waals surface area contributed by atoms with E-state index in [2.05, 4.69) is 135 Å². The average molecular weight is 507 g/mol.